The van der Waals surface area contributed by atoms with E-state index in [0.29, 0.717) is 0 Å². The maximum atomic E-state index is 2.34. The zero-order valence-electron chi connectivity index (χ0n) is 18.1. The van der Waals surface area contributed by atoms with E-state index in [1.165, 1.54) is 68.2 Å². The van der Waals surface area contributed by atoms with Gasteiger partial charge in [-0.25, -0.2) is 0 Å². The molecule has 0 aliphatic carbocycles. The maximum Gasteiger partial charge on any atom is 0.0534 e. The van der Waals surface area contributed by atoms with E-state index in [1.807, 2.05) is 22.7 Å². The first kappa shape index (κ1) is 19.0. The minimum atomic E-state index is 1.27. The number of hydrogen-bond donors (Lipinski definition) is 0. The summed E-state index contributed by atoms with van der Waals surface area (Å²) in [6, 6.07) is 37.9. The van der Waals surface area contributed by atoms with Crippen LogP contribution in [-0.2, 0) is 0 Å². The van der Waals surface area contributed by atoms with Crippen molar-refractivity contribution in [3.8, 4) is 22.3 Å². The summed E-state index contributed by atoms with van der Waals surface area (Å²) < 4.78 is 5.56. The Kier molecular flexibility index (Phi) is 4.20. The van der Waals surface area contributed by atoms with E-state index in [1.54, 1.807) is 0 Å². The molecular weight excluding hydrogens is 436 g/mol. The van der Waals surface area contributed by atoms with Crippen LogP contribution in [0.3, 0.4) is 0 Å². The van der Waals surface area contributed by atoms with E-state index in [0.717, 1.165) is 0 Å². The Labute approximate surface area is 200 Å². The van der Waals surface area contributed by atoms with E-state index in [2.05, 4.69) is 110 Å². The monoisotopic (exact) mass is 456 g/mol. The van der Waals surface area contributed by atoms with E-state index >= 15 is 0 Å². The number of thiophene rings is 2. The van der Waals surface area contributed by atoms with Gasteiger partial charge in [-0.1, -0.05) is 96.6 Å². The Morgan fingerprint density at radius 3 is 1.97 bits per heavy atom. The van der Waals surface area contributed by atoms with Crippen LogP contribution < -0.4 is 0 Å². The van der Waals surface area contributed by atoms with Gasteiger partial charge >= 0.3 is 0 Å². The van der Waals surface area contributed by atoms with Crippen molar-refractivity contribution in [1.29, 1.82) is 0 Å². The predicted octanol–water partition coefficient (Wildman–Crippen LogP) is 10.1. The van der Waals surface area contributed by atoms with Gasteiger partial charge in [0.1, 0.15) is 0 Å². The molecule has 0 fully saturated rings. The molecule has 156 valence electrons. The van der Waals surface area contributed by atoms with Gasteiger partial charge < -0.3 is 0 Å². The molecule has 0 amide bonds. The van der Waals surface area contributed by atoms with Gasteiger partial charge in [-0.2, -0.15) is 0 Å². The van der Waals surface area contributed by atoms with E-state index in [-0.39, 0.29) is 0 Å². The minimum Gasteiger partial charge on any atom is -0.134 e. The van der Waals surface area contributed by atoms with Crippen molar-refractivity contribution in [2.75, 3.05) is 0 Å². The summed E-state index contributed by atoms with van der Waals surface area (Å²) >= 11 is 3.86. The van der Waals surface area contributed by atoms with Crippen molar-refractivity contribution < 1.29 is 0 Å². The number of benzene rings is 5. The van der Waals surface area contributed by atoms with Crippen molar-refractivity contribution in [3.63, 3.8) is 0 Å². The first-order valence-corrected chi connectivity index (χ1v) is 12.8. The Morgan fingerprint density at radius 2 is 1.09 bits per heavy atom. The highest BCUT2D eigenvalue weighted by Gasteiger charge is 2.15. The molecule has 0 aliphatic heterocycles. The highest BCUT2D eigenvalue weighted by atomic mass is 32.1. The van der Waals surface area contributed by atoms with Crippen LogP contribution in [0.5, 0.6) is 0 Å². The topological polar surface area (TPSA) is 0 Å². The van der Waals surface area contributed by atoms with E-state index in [4.69, 9.17) is 0 Å². The molecule has 0 saturated heterocycles. The van der Waals surface area contributed by atoms with Gasteiger partial charge in [-0.05, 0) is 41.3 Å². The van der Waals surface area contributed by atoms with Gasteiger partial charge in [0, 0.05) is 30.9 Å². The largest absolute Gasteiger partial charge is 0.134 e. The van der Waals surface area contributed by atoms with Gasteiger partial charge in [-0.15, -0.1) is 22.7 Å². The molecular formula is C31H20S2. The third-order valence-electron chi connectivity index (χ3n) is 6.54. The molecule has 0 saturated carbocycles. The molecule has 0 aliphatic rings. The van der Waals surface area contributed by atoms with Gasteiger partial charge in [0.2, 0.25) is 0 Å². The smallest absolute Gasteiger partial charge is 0.0534 e. The zero-order valence-corrected chi connectivity index (χ0v) is 19.8. The van der Waals surface area contributed by atoms with Crippen LogP contribution in [0.4, 0.5) is 0 Å². The summed E-state index contributed by atoms with van der Waals surface area (Å²) in [6.07, 6.45) is 0. The average Bonchev–Trinajstić information content (AvgIpc) is 3.42. The summed E-state index contributed by atoms with van der Waals surface area (Å²) in [4.78, 5) is 0. The van der Waals surface area contributed by atoms with Crippen LogP contribution in [0.2, 0.25) is 0 Å². The molecule has 2 heterocycles. The predicted molar refractivity (Wildman–Crippen MR) is 148 cm³/mol. The second-order valence-electron chi connectivity index (χ2n) is 8.65. The average molecular weight is 457 g/mol. The molecule has 33 heavy (non-hydrogen) atoms. The Hall–Kier alpha value is -3.46. The van der Waals surface area contributed by atoms with Crippen LogP contribution in [0.15, 0.2) is 103 Å². The molecule has 0 radical (unpaired) electrons. The molecule has 7 rings (SSSR count). The van der Waals surface area contributed by atoms with Crippen LogP contribution in [0.1, 0.15) is 5.56 Å². The summed E-state index contributed by atoms with van der Waals surface area (Å²) in [5.41, 5.74) is 6.42. The van der Waals surface area contributed by atoms with E-state index < -0.39 is 0 Å². The van der Waals surface area contributed by atoms with Crippen molar-refractivity contribution in [3.05, 3.63) is 109 Å². The lowest BCUT2D eigenvalue weighted by atomic mass is 9.97. The summed E-state index contributed by atoms with van der Waals surface area (Å²) in [5, 5.41) is 5.46. The summed E-state index contributed by atoms with van der Waals surface area (Å²) in [7, 11) is 0. The van der Waals surface area contributed by atoms with Gasteiger partial charge in [0.05, 0.1) is 9.40 Å². The highest BCUT2D eigenvalue weighted by Crippen LogP contribution is 2.46. The van der Waals surface area contributed by atoms with Crippen LogP contribution in [0.25, 0.3) is 62.6 Å². The fraction of sp³-hybridized carbons (Fsp3) is 0.0323. The maximum absolute atomic E-state index is 2.34. The van der Waals surface area contributed by atoms with Crippen molar-refractivity contribution in [2.45, 2.75) is 6.92 Å². The fourth-order valence-electron chi connectivity index (χ4n) is 4.96. The number of aryl methyl sites for hydroxylation is 1. The molecule has 2 aromatic heterocycles. The highest BCUT2D eigenvalue weighted by molar-refractivity contribution is 7.33. The fourth-order valence-corrected chi connectivity index (χ4v) is 7.63. The lowest BCUT2D eigenvalue weighted by Gasteiger charge is -2.08. The quantitative estimate of drug-likeness (QED) is 0.243. The SMILES string of the molecule is Cc1cccc(-c2cccc(-c3cccc4c3sc3c4ccc4c5ccccc5sc43)c2)c1. The Bertz CT molecular complexity index is 1830. The van der Waals surface area contributed by atoms with Crippen molar-refractivity contribution in [1.82, 2.24) is 0 Å². The molecule has 0 bridgehead atoms. The van der Waals surface area contributed by atoms with E-state index in [9.17, 15) is 0 Å². The van der Waals surface area contributed by atoms with Gasteiger partial charge in [0.25, 0.3) is 0 Å². The normalized spacial score (nSPS) is 11.8. The molecule has 0 N–H and O–H groups in total. The second kappa shape index (κ2) is 7.28. The zero-order chi connectivity index (χ0) is 21.9. The van der Waals surface area contributed by atoms with Crippen LogP contribution in [0, 0.1) is 6.92 Å². The Balaban J connectivity index is 1.48. The lowest BCUT2D eigenvalue weighted by molar-refractivity contribution is 1.47. The first-order valence-electron chi connectivity index (χ1n) is 11.2. The Morgan fingerprint density at radius 1 is 0.455 bits per heavy atom. The number of hydrogen-bond acceptors (Lipinski definition) is 2. The molecule has 0 unspecified atom stereocenters. The molecule has 5 aromatic carbocycles. The molecule has 2 heteroatoms. The third kappa shape index (κ3) is 2.95. The van der Waals surface area contributed by atoms with Crippen LogP contribution >= 0.6 is 22.7 Å². The minimum absolute atomic E-state index is 1.27. The molecule has 7 aromatic rings. The third-order valence-corrected chi connectivity index (χ3v) is 9.14. The standard InChI is InChI=1S/C31H20S2/c1-19-7-4-8-20(17-19)21-9-5-10-22(18-21)23-12-6-13-25-27-16-15-26-24-11-2-3-14-28(24)32-30(26)31(27)33-29(23)25/h2-18H,1H3. The summed E-state index contributed by atoms with van der Waals surface area (Å²) in [5.74, 6) is 0. The van der Waals surface area contributed by atoms with Gasteiger partial charge in [0.15, 0.2) is 0 Å². The molecule has 0 atom stereocenters. The second-order valence-corrected chi connectivity index (χ2v) is 10.7. The first-order chi connectivity index (χ1) is 16.3. The molecule has 0 spiro atoms. The number of fused-ring (bicyclic) bond motifs is 7. The summed E-state index contributed by atoms with van der Waals surface area (Å²) in [6.45, 7) is 2.15. The van der Waals surface area contributed by atoms with Gasteiger partial charge in [-0.3, -0.25) is 0 Å². The van der Waals surface area contributed by atoms with Crippen LogP contribution in [-0.4, -0.2) is 0 Å². The van der Waals surface area contributed by atoms with Crippen molar-refractivity contribution in [2.24, 2.45) is 0 Å². The lowest BCUT2D eigenvalue weighted by Crippen LogP contribution is -1.82. The molecule has 0 nitrogen and oxygen atoms in total. The number of rotatable bonds is 2. The van der Waals surface area contributed by atoms with Crippen molar-refractivity contribution >= 4 is 63.0 Å².